The van der Waals surface area contributed by atoms with Crippen molar-refractivity contribution in [1.29, 1.82) is 0 Å². The van der Waals surface area contributed by atoms with Gasteiger partial charge in [-0.25, -0.2) is 4.39 Å². The van der Waals surface area contributed by atoms with Crippen molar-refractivity contribution in [2.24, 2.45) is 0 Å². The number of aliphatic hydroxyl groups is 1. The van der Waals surface area contributed by atoms with Crippen molar-refractivity contribution >= 4 is 5.69 Å². The molecule has 3 rings (SSSR count). The maximum Gasteiger partial charge on any atom is 0.416 e. The summed E-state index contributed by atoms with van der Waals surface area (Å²) in [6.45, 7) is 3.49. The van der Waals surface area contributed by atoms with Crippen LogP contribution in [0.5, 0.6) is 5.75 Å². The molecular formula is C25H24F4N2O4. The minimum absolute atomic E-state index is 0.115. The second-order valence-corrected chi connectivity index (χ2v) is 8.12. The van der Waals surface area contributed by atoms with Gasteiger partial charge < -0.3 is 15.2 Å². The Labute approximate surface area is 199 Å². The number of non-ortho nitro benzene ring substituents is 1. The van der Waals surface area contributed by atoms with Gasteiger partial charge in [0.25, 0.3) is 5.69 Å². The minimum atomic E-state index is -4.42. The number of nitrogens with one attached hydrogen (secondary N) is 1. The molecule has 2 atom stereocenters. The first-order chi connectivity index (χ1) is 16.5. The van der Waals surface area contributed by atoms with Crippen LogP contribution in [0.4, 0.5) is 23.2 Å². The van der Waals surface area contributed by atoms with E-state index in [9.17, 15) is 32.8 Å². The quantitative estimate of drug-likeness (QED) is 0.223. The predicted molar refractivity (Wildman–Crippen MR) is 123 cm³/mol. The number of hydrogen-bond acceptors (Lipinski definition) is 5. The number of aliphatic hydroxyl groups excluding tert-OH is 1. The van der Waals surface area contributed by atoms with Crippen LogP contribution in [0.1, 0.15) is 29.7 Å². The molecule has 0 bridgehead atoms. The summed E-state index contributed by atoms with van der Waals surface area (Å²) in [7, 11) is 0. The molecule has 35 heavy (non-hydrogen) atoms. The number of hydrogen-bond donors (Lipinski definition) is 2. The Balaban J connectivity index is 1.56. The van der Waals surface area contributed by atoms with Gasteiger partial charge in [0, 0.05) is 18.7 Å². The Bertz CT molecular complexity index is 1180. The van der Waals surface area contributed by atoms with Gasteiger partial charge >= 0.3 is 6.18 Å². The van der Waals surface area contributed by atoms with Crippen LogP contribution in [0, 0.1) is 22.9 Å². The molecule has 2 unspecified atom stereocenters. The lowest BCUT2D eigenvalue weighted by Gasteiger charge is -2.19. The van der Waals surface area contributed by atoms with Crippen LogP contribution < -0.4 is 10.1 Å². The van der Waals surface area contributed by atoms with Crippen molar-refractivity contribution in [3.63, 3.8) is 0 Å². The molecule has 186 valence electrons. The van der Waals surface area contributed by atoms with E-state index in [1.54, 1.807) is 31.2 Å². The second kappa shape index (κ2) is 10.8. The van der Waals surface area contributed by atoms with Crippen LogP contribution in [-0.4, -0.2) is 29.3 Å². The lowest BCUT2D eigenvalue weighted by Crippen LogP contribution is -2.33. The average molecular weight is 492 g/mol. The topological polar surface area (TPSA) is 84.6 Å². The summed E-state index contributed by atoms with van der Waals surface area (Å²) >= 11 is 0. The van der Waals surface area contributed by atoms with E-state index in [1.807, 2.05) is 6.92 Å². The lowest BCUT2D eigenvalue weighted by molar-refractivity contribution is -0.385. The summed E-state index contributed by atoms with van der Waals surface area (Å²) in [4.78, 5) is 9.94. The Morgan fingerprint density at radius 1 is 1.09 bits per heavy atom. The highest BCUT2D eigenvalue weighted by Crippen LogP contribution is 2.34. The maximum atomic E-state index is 13.9. The summed E-state index contributed by atoms with van der Waals surface area (Å²) < 4.78 is 58.3. The van der Waals surface area contributed by atoms with Crippen LogP contribution in [-0.2, 0) is 6.18 Å². The van der Waals surface area contributed by atoms with Crippen molar-refractivity contribution < 1.29 is 32.3 Å². The molecule has 0 fully saturated rings. The van der Waals surface area contributed by atoms with Crippen molar-refractivity contribution in [2.75, 3.05) is 13.2 Å². The summed E-state index contributed by atoms with van der Waals surface area (Å²) in [5.74, 6) is -1.10. The average Bonchev–Trinajstić information content (AvgIpc) is 2.81. The molecule has 2 N–H and O–H groups in total. The highest BCUT2D eigenvalue weighted by atomic mass is 19.4. The van der Waals surface area contributed by atoms with Crippen LogP contribution in [0.2, 0.25) is 0 Å². The number of rotatable bonds is 9. The molecule has 0 radical (unpaired) electrons. The Hall–Kier alpha value is -3.50. The van der Waals surface area contributed by atoms with Gasteiger partial charge in [-0.05, 0) is 54.3 Å². The molecule has 0 aliphatic carbocycles. The number of alkyl halides is 3. The molecule has 6 nitrogen and oxygen atoms in total. The molecule has 0 saturated heterocycles. The Kier molecular flexibility index (Phi) is 8.08. The monoisotopic (exact) mass is 492 g/mol. The fourth-order valence-electron chi connectivity index (χ4n) is 3.46. The van der Waals surface area contributed by atoms with E-state index < -0.39 is 34.3 Å². The first-order valence-corrected chi connectivity index (χ1v) is 10.7. The number of nitro benzene ring substituents is 1. The van der Waals surface area contributed by atoms with E-state index in [2.05, 4.69) is 5.32 Å². The first-order valence-electron chi connectivity index (χ1n) is 10.7. The minimum Gasteiger partial charge on any atom is -0.488 e. The molecule has 0 amide bonds. The van der Waals surface area contributed by atoms with Crippen LogP contribution in [0.15, 0.2) is 60.7 Å². The van der Waals surface area contributed by atoms with Gasteiger partial charge in [0.1, 0.15) is 12.7 Å². The maximum absolute atomic E-state index is 13.9. The fraction of sp³-hybridized carbons (Fsp3) is 0.280. The van der Waals surface area contributed by atoms with E-state index in [1.165, 1.54) is 6.07 Å². The van der Waals surface area contributed by atoms with Crippen molar-refractivity contribution in [2.45, 2.75) is 32.2 Å². The van der Waals surface area contributed by atoms with Crippen molar-refractivity contribution in [3.8, 4) is 16.9 Å². The summed E-state index contributed by atoms with van der Waals surface area (Å²) in [6.07, 6.45) is -5.41. The second-order valence-electron chi connectivity index (χ2n) is 8.12. The SMILES string of the molecule is Cc1ccc(C(F)(F)F)cc1-c1ccc(C(C)NCC(O)COc2ccc([N+](=O)[O-])cc2F)cc1. The smallest absolute Gasteiger partial charge is 0.416 e. The molecular weight excluding hydrogens is 468 g/mol. The van der Waals surface area contributed by atoms with Gasteiger partial charge in [-0.3, -0.25) is 10.1 Å². The Morgan fingerprint density at radius 2 is 1.77 bits per heavy atom. The molecule has 0 aliphatic rings. The molecule has 0 aliphatic heterocycles. The van der Waals surface area contributed by atoms with Gasteiger partial charge in [-0.1, -0.05) is 30.3 Å². The highest BCUT2D eigenvalue weighted by Gasteiger charge is 2.30. The van der Waals surface area contributed by atoms with Crippen molar-refractivity contribution in [3.05, 3.63) is 93.3 Å². The normalized spacial score (nSPS) is 13.3. The molecule has 0 aromatic heterocycles. The lowest BCUT2D eigenvalue weighted by atomic mass is 9.96. The van der Waals surface area contributed by atoms with Crippen LogP contribution >= 0.6 is 0 Å². The van der Waals surface area contributed by atoms with Gasteiger partial charge in [-0.2, -0.15) is 13.2 Å². The van der Waals surface area contributed by atoms with Gasteiger partial charge in [-0.15, -0.1) is 0 Å². The molecule has 10 heteroatoms. The number of halogens is 4. The molecule has 0 saturated carbocycles. The molecule has 3 aromatic carbocycles. The standard InChI is InChI=1S/C25H24F4N2O4/c1-15-3-8-19(25(27,28)29)11-22(15)18-6-4-17(5-7-18)16(2)30-13-21(32)14-35-24-10-9-20(31(33)34)12-23(24)26/h3-12,16,21,30,32H,13-14H2,1-2H3. The Morgan fingerprint density at radius 3 is 2.37 bits per heavy atom. The van der Waals surface area contributed by atoms with Crippen LogP contribution in [0.3, 0.4) is 0 Å². The zero-order valence-corrected chi connectivity index (χ0v) is 19.0. The zero-order chi connectivity index (χ0) is 25.8. The molecule has 0 heterocycles. The summed E-state index contributed by atoms with van der Waals surface area (Å²) in [6, 6.07) is 13.5. The third-order valence-electron chi connectivity index (χ3n) is 5.50. The van der Waals surface area contributed by atoms with E-state index >= 15 is 0 Å². The number of aryl methyl sites for hydroxylation is 1. The van der Waals surface area contributed by atoms with E-state index in [0.29, 0.717) is 11.1 Å². The van der Waals surface area contributed by atoms with Crippen molar-refractivity contribution in [1.82, 2.24) is 5.32 Å². The zero-order valence-electron chi connectivity index (χ0n) is 19.0. The van der Waals surface area contributed by atoms with Gasteiger partial charge in [0.2, 0.25) is 0 Å². The highest BCUT2D eigenvalue weighted by molar-refractivity contribution is 5.68. The molecule has 0 spiro atoms. The van der Waals surface area contributed by atoms with Gasteiger partial charge in [0.05, 0.1) is 16.6 Å². The third kappa shape index (κ3) is 6.77. The summed E-state index contributed by atoms with van der Waals surface area (Å²) in [5, 5.41) is 23.9. The van der Waals surface area contributed by atoms with Gasteiger partial charge in [0.15, 0.2) is 11.6 Å². The third-order valence-corrected chi connectivity index (χ3v) is 5.50. The molecule has 3 aromatic rings. The summed E-state index contributed by atoms with van der Waals surface area (Å²) in [5.41, 5.74) is 1.63. The van der Waals surface area contributed by atoms with E-state index in [4.69, 9.17) is 4.74 Å². The van der Waals surface area contributed by atoms with E-state index in [-0.39, 0.29) is 24.9 Å². The number of nitrogens with zero attached hydrogens (tertiary/aromatic N) is 1. The number of nitro groups is 1. The first kappa shape index (κ1) is 26.1. The largest absolute Gasteiger partial charge is 0.488 e. The number of benzene rings is 3. The predicted octanol–water partition coefficient (Wildman–Crippen LogP) is 5.82. The number of ether oxygens (including phenoxy) is 1. The van der Waals surface area contributed by atoms with Crippen LogP contribution in [0.25, 0.3) is 11.1 Å². The van der Waals surface area contributed by atoms with E-state index in [0.717, 1.165) is 41.5 Å². The fourth-order valence-corrected chi connectivity index (χ4v) is 3.46.